The summed E-state index contributed by atoms with van der Waals surface area (Å²) in [5.74, 6) is 0.895. The minimum absolute atomic E-state index is 0.106. The molecule has 1 N–H and O–H groups in total. The van der Waals surface area contributed by atoms with Crippen LogP contribution in [0.25, 0.3) is 10.6 Å². The molecule has 1 unspecified atom stereocenters. The molecule has 7 heteroatoms. The number of hydrogen-bond donors (Lipinski definition) is 1. The van der Waals surface area contributed by atoms with E-state index < -0.39 is 6.04 Å². The van der Waals surface area contributed by atoms with Gasteiger partial charge in [-0.3, -0.25) is 9.59 Å². The number of carbonyl (C=O) groups excluding carboxylic acids is 2. The summed E-state index contributed by atoms with van der Waals surface area (Å²) in [4.78, 5) is 31.7. The van der Waals surface area contributed by atoms with Gasteiger partial charge in [-0.25, -0.2) is 4.98 Å². The molecular weight excluding hydrogens is 390 g/mol. The Balaban J connectivity index is 1.38. The molecule has 1 aliphatic heterocycles. The average molecular weight is 410 g/mol. The van der Waals surface area contributed by atoms with Gasteiger partial charge in [-0.15, -0.1) is 23.1 Å². The number of hydrogen-bond acceptors (Lipinski definition) is 5. The van der Waals surface area contributed by atoms with Crippen LogP contribution in [0.1, 0.15) is 16.1 Å². The van der Waals surface area contributed by atoms with Crippen molar-refractivity contribution in [2.75, 3.05) is 11.6 Å². The average Bonchev–Trinajstić information content (AvgIpc) is 3.43. The molecule has 28 heavy (non-hydrogen) atoms. The van der Waals surface area contributed by atoms with E-state index in [1.54, 1.807) is 40.1 Å². The fraction of sp³-hybridized carbons (Fsp3) is 0.190. The van der Waals surface area contributed by atoms with Crippen molar-refractivity contribution in [2.45, 2.75) is 12.6 Å². The van der Waals surface area contributed by atoms with E-state index in [-0.39, 0.29) is 11.8 Å². The number of thioether (sulfide) groups is 1. The molecule has 5 nitrogen and oxygen atoms in total. The molecule has 4 rings (SSSR count). The highest BCUT2D eigenvalue weighted by molar-refractivity contribution is 7.99. The quantitative estimate of drug-likeness (QED) is 0.699. The Labute approximate surface area is 171 Å². The highest BCUT2D eigenvalue weighted by Crippen LogP contribution is 2.25. The van der Waals surface area contributed by atoms with Gasteiger partial charge >= 0.3 is 0 Å². The zero-order valence-electron chi connectivity index (χ0n) is 15.1. The smallest absolute Gasteiger partial charge is 0.255 e. The van der Waals surface area contributed by atoms with Gasteiger partial charge < -0.3 is 10.2 Å². The van der Waals surface area contributed by atoms with E-state index in [1.165, 1.54) is 0 Å². The van der Waals surface area contributed by atoms with Crippen molar-refractivity contribution >= 4 is 34.9 Å². The lowest BCUT2D eigenvalue weighted by atomic mass is 10.1. The molecule has 1 aliphatic rings. The minimum Gasteiger partial charge on any atom is -0.349 e. The second-order valence-corrected chi connectivity index (χ2v) is 8.24. The van der Waals surface area contributed by atoms with Crippen LogP contribution in [0, 0.1) is 0 Å². The third-order valence-electron chi connectivity index (χ3n) is 4.48. The maximum Gasteiger partial charge on any atom is 0.255 e. The van der Waals surface area contributed by atoms with Crippen LogP contribution in [0.5, 0.6) is 0 Å². The summed E-state index contributed by atoms with van der Waals surface area (Å²) in [6.45, 7) is 0.358. The number of thiazole rings is 1. The first-order chi connectivity index (χ1) is 13.7. The molecule has 2 heterocycles. The number of amides is 2. The van der Waals surface area contributed by atoms with E-state index in [4.69, 9.17) is 0 Å². The van der Waals surface area contributed by atoms with Crippen molar-refractivity contribution in [2.24, 2.45) is 0 Å². The Morgan fingerprint density at radius 2 is 1.79 bits per heavy atom. The highest BCUT2D eigenvalue weighted by Gasteiger charge is 2.34. The number of benzene rings is 2. The van der Waals surface area contributed by atoms with Crippen LogP contribution in [0.4, 0.5) is 0 Å². The summed E-state index contributed by atoms with van der Waals surface area (Å²) >= 11 is 3.15. The van der Waals surface area contributed by atoms with Crippen molar-refractivity contribution in [3.05, 3.63) is 77.3 Å². The van der Waals surface area contributed by atoms with Crippen LogP contribution in [0.2, 0.25) is 0 Å². The van der Waals surface area contributed by atoms with Gasteiger partial charge in [0.25, 0.3) is 5.91 Å². The van der Waals surface area contributed by atoms with Crippen molar-refractivity contribution in [1.29, 1.82) is 0 Å². The molecule has 1 saturated heterocycles. The van der Waals surface area contributed by atoms with Crippen LogP contribution in [-0.2, 0) is 11.3 Å². The normalized spacial score (nSPS) is 16.1. The van der Waals surface area contributed by atoms with Crippen molar-refractivity contribution < 1.29 is 9.59 Å². The van der Waals surface area contributed by atoms with Gasteiger partial charge in [0, 0.05) is 22.3 Å². The fourth-order valence-electron chi connectivity index (χ4n) is 3.00. The zero-order valence-corrected chi connectivity index (χ0v) is 16.7. The summed E-state index contributed by atoms with van der Waals surface area (Å²) in [5, 5.41) is 5.83. The Hall–Kier alpha value is -2.64. The van der Waals surface area contributed by atoms with E-state index >= 15 is 0 Å². The van der Waals surface area contributed by atoms with Gasteiger partial charge in [0.2, 0.25) is 5.91 Å². The third kappa shape index (κ3) is 4.10. The maximum absolute atomic E-state index is 12.7. The van der Waals surface area contributed by atoms with Gasteiger partial charge in [-0.05, 0) is 12.1 Å². The number of carbonyl (C=O) groups is 2. The molecule has 0 radical (unpaired) electrons. The van der Waals surface area contributed by atoms with Crippen LogP contribution >= 0.6 is 23.1 Å². The van der Waals surface area contributed by atoms with Crippen molar-refractivity contribution in [1.82, 2.24) is 15.2 Å². The van der Waals surface area contributed by atoms with Gasteiger partial charge in [-0.2, -0.15) is 0 Å². The Bertz CT molecular complexity index is 960. The van der Waals surface area contributed by atoms with Crippen LogP contribution in [0.3, 0.4) is 0 Å². The van der Waals surface area contributed by atoms with Crippen LogP contribution in [0.15, 0.2) is 66.0 Å². The summed E-state index contributed by atoms with van der Waals surface area (Å²) < 4.78 is 0. The van der Waals surface area contributed by atoms with E-state index in [9.17, 15) is 9.59 Å². The van der Waals surface area contributed by atoms with Gasteiger partial charge in [0.1, 0.15) is 11.0 Å². The van der Waals surface area contributed by atoms with Crippen molar-refractivity contribution in [3.63, 3.8) is 0 Å². The predicted octanol–water partition coefficient (Wildman–Crippen LogP) is 3.64. The SMILES string of the molecule is O=C(NCc1csc(-c2ccccc2)n1)C1CSCN1C(=O)c1ccccc1. The number of nitrogens with one attached hydrogen (secondary N) is 1. The molecule has 142 valence electrons. The zero-order chi connectivity index (χ0) is 19.3. The molecular formula is C21H19N3O2S2. The first kappa shape index (κ1) is 18.7. The topological polar surface area (TPSA) is 62.3 Å². The molecule has 1 atom stereocenters. The monoisotopic (exact) mass is 409 g/mol. The minimum atomic E-state index is -0.454. The first-order valence-corrected chi connectivity index (χ1v) is 11.0. The van der Waals surface area contributed by atoms with E-state index in [1.807, 2.05) is 53.9 Å². The molecule has 0 saturated carbocycles. The largest absolute Gasteiger partial charge is 0.349 e. The van der Waals surface area contributed by atoms with Crippen LogP contribution in [-0.4, -0.2) is 39.4 Å². The van der Waals surface area contributed by atoms with E-state index in [0.717, 1.165) is 16.3 Å². The van der Waals surface area contributed by atoms with Gasteiger partial charge in [-0.1, -0.05) is 48.5 Å². The van der Waals surface area contributed by atoms with Crippen LogP contribution < -0.4 is 5.32 Å². The molecule has 0 spiro atoms. The molecule has 0 bridgehead atoms. The third-order valence-corrected chi connectivity index (χ3v) is 6.44. The molecule has 2 aromatic carbocycles. The lowest BCUT2D eigenvalue weighted by Gasteiger charge is -2.23. The number of rotatable bonds is 5. The van der Waals surface area contributed by atoms with E-state index in [2.05, 4.69) is 10.3 Å². The molecule has 2 amide bonds. The molecule has 3 aromatic rings. The standard InChI is InChI=1S/C21H19N3O2S2/c25-19(18-13-27-14-24(18)21(26)16-9-5-2-6-10-16)22-11-17-12-28-20(23-17)15-7-3-1-4-8-15/h1-10,12,18H,11,13-14H2,(H,22,25). The first-order valence-electron chi connectivity index (χ1n) is 8.93. The number of aromatic nitrogens is 1. The van der Waals surface area contributed by atoms with Crippen molar-refractivity contribution in [3.8, 4) is 10.6 Å². The van der Waals surface area contributed by atoms with Gasteiger partial charge in [0.05, 0.1) is 18.1 Å². The lowest BCUT2D eigenvalue weighted by molar-refractivity contribution is -0.124. The molecule has 1 aromatic heterocycles. The lowest BCUT2D eigenvalue weighted by Crippen LogP contribution is -2.47. The summed E-state index contributed by atoms with van der Waals surface area (Å²) in [6.07, 6.45) is 0. The summed E-state index contributed by atoms with van der Waals surface area (Å²) in [7, 11) is 0. The highest BCUT2D eigenvalue weighted by atomic mass is 32.2. The Kier molecular flexibility index (Phi) is 5.73. The molecule has 1 fully saturated rings. The number of nitrogens with zero attached hydrogens (tertiary/aromatic N) is 2. The molecule has 0 aliphatic carbocycles. The summed E-state index contributed by atoms with van der Waals surface area (Å²) in [6, 6.07) is 18.6. The Morgan fingerprint density at radius 3 is 2.54 bits per heavy atom. The predicted molar refractivity (Wildman–Crippen MR) is 113 cm³/mol. The van der Waals surface area contributed by atoms with E-state index in [0.29, 0.717) is 23.7 Å². The second-order valence-electron chi connectivity index (χ2n) is 6.38. The summed E-state index contributed by atoms with van der Waals surface area (Å²) in [5.41, 5.74) is 2.50. The fourth-order valence-corrected chi connectivity index (χ4v) is 4.98. The second kappa shape index (κ2) is 8.58. The Morgan fingerprint density at radius 1 is 1.07 bits per heavy atom. The maximum atomic E-state index is 12.7. The van der Waals surface area contributed by atoms with Gasteiger partial charge in [0.15, 0.2) is 0 Å².